The summed E-state index contributed by atoms with van der Waals surface area (Å²) in [5, 5.41) is 5.92. The van der Waals surface area contributed by atoms with Crippen LogP contribution in [0.2, 0.25) is 0 Å². The van der Waals surface area contributed by atoms with Gasteiger partial charge in [0.05, 0.1) is 21.3 Å². The third kappa shape index (κ3) is 5.47. The van der Waals surface area contributed by atoms with Crippen molar-refractivity contribution in [1.82, 2.24) is 9.97 Å². The van der Waals surface area contributed by atoms with E-state index in [4.69, 9.17) is 14.2 Å². The number of carbonyl (C=O) groups excluding carboxylic acids is 1. The third-order valence-electron chi connectivity index (χ3n) is 3.82. The van der Waals surface area contributed by atoms with Crippen LogP contribution in [0.3, 0.4) is 0 Å². The third-order valence-corrected chi connectivity index (χ3v) is 3.82. The Hall–Kier alpha value is -3.03. The zero-order valence-electron chi connectivity index (χ0n) is 16.3. The first-order valence-electron chi connectivity index (χ1n) is 8.66. The minimum atomic E-state index is -0.362. The fraction of sp³-hybridized carbons (Fsp3) is 0.421. The number of benzene rings is 1. The highest BCUT2D eigenvalue weighted by Crippen LogP contribution is 2.39. The van der Waals surface area contributed by atoms with Crippen molar-refractivity contribution in [3.8, 4) is 17.2 Å². The summed E-state index contributed by atoms with van der Waals surface area (Å²) in [5.41, 5.74) is 0.758. The highest BCUT2D eigenvalue weighted by atomic mass is 16.5. The van der Waals surface area contributed by atoms with Crippen LogP contribution >= 0.6 is 0 Å². The van der Waals surface area contributed by atoms with Gasteiger partial charge in [0.15, 0.2) is 11.5 Å². The van der Waals surface area contributed by atoms with Crippen LogP contribution in [0, 0.1) is 5.92 Å². The average molecular weight is 374 g/mol. The predicted molar refractivity (Wildman–Crippen MR) is 104 cm³/mol. The highest BCUT2D eigenvalue weighted by Gasteiger charge is 2.16. The number of rotatable bonds is 9. The molecule has 8 nitrogen and oxygen atoms in total. The molecule has 0 aliphatic rings. The fourth-order valence-electron chi connectivity index (χ4n) is 2.39. The van der Waals surface area contributed by atoms with E-state index in [1.807, 2.05) is 0 Å². The van der Waals surface area contributed by atoms with Gasteiger partial charge >= 0.3 is 0 Å². The standard InChI is InChI=1S/C19H26N4O4/c1-12(2)6-8-20-19-21-9-7-14(23-19)18(24)22-13-10-15(25-3)17(27-5)16(11-13)26-4/h7,9-12H,6,8H2,1-5H3,(H,22,24)(H,20,21,23). The van der Waals surface area contributed by atoms with Crippen LogP contribution in [-0.4, -0.2) is 43.7 Å². The number of anilines is 2. The molecule has 8 heteroatoms. The van der Waals surface area contributed by atoms with Gasteiger partial charge in [0, 0.05) is 30.6 Å². The van der Waals surface area contributed by atoms with Gasteiger partial charge in [-0.15, -0.1) is 0 Å². The maximum Gasteiger partial charge on any atom is 0.274 e. The van der Waals surface area contributed by atoms with Gasteiger partial charge in [-0.05, 0) is 18.4 Å². The van der Waals surface area contributed by atoms with Crippen LogP contribution in [-0.2, 0) is 0 Å². The summed E-state index contributed by atoms with van der Waals surface area (Å²) in [4.78, 5) is 21.0. The van der Waals surface area contributed by atoms with Crippen LogP contribution in [0.15, 0.2) is 24.4 Å². The van der Waals surface area contributed by atoms with Gasteiger partial charge in [0.25, 0.3) is 5.91 Å². The Balaban J connectivity index is 2.15. The van der Waals surface area contributed by atoms with Gasteiger partial charge in [-0.3, -0.25) is 4.79 Å². The maximum atomic E-state index is 12.6. The molecule has 0 unspecified atom stereocenters. The molecule has 0 saturated carbocycles. The fourth-order valence-corrected chi connectivity index (χ4v) is 2.39. The van der Waals surface area contributed by atoms with Crippen LogP contribution < -0.4 is 24.8 Å². The van der Waals surface area contributed by atoms with E-state index in [2.05, 4.69) is 34.4 Å². The molecule has 1 heterocycles. The molecule has 146 valence electrons. The number of amides is 1. The van der Waals surface area contributed by atoms with Gasteiger partial charge in [0.1, 0.15) is 5.69 Å². The molecule has 0 radical (unpaired) electrons. The van der Waals surface area contributed by atoms with Gasteiger partial charge in [-0.2, -0.15) is 0 Å². The lowest BCUT2D eigenvalue weighted by Gasteiger charge is -2.14. The van der Waals surface area contributed by atoms with Gasteiger partial charge < -0.3 is 24.8 Å². The Labute approximate surface area is 159 Å². The molecule has 27 heavy (non-hydrogen) atoms. The molecule has 0 spiro atoms. The molecule has 0 bridgehead atoms. The minimum absolute atomic E-state index is 0.255. The second kappa shape index (κ2) is 9.61. The molecule has 0 aliphatic heterocycles. The lowest BCUT2D eigenvalue weighted by Crippen LogP contribution is -2.16. The summed E-state index contributed by atoms with van der Waals surface area (Å²) in [6.45, 7) is 5.03. The number of ether oxygens (including phenoxy) is 3. The lowest BCUT2D eigenvalue weighted by atomic mass is 10.1. The monoisotopic (exact) mass is 374 g/mol. The van der Waals surface area contributed by atoms with Crippen molar-refractivity contribution in [2.45, 2.75) is 20.3 Å². The molecule has 2 rings (SSSR count). The lowest BCUT2D eigenvalue weighted by molar-refractivity contribution is 0.102. The second-order valence-corrected chi connectivity index (χ2v) is 6.24. The first kappa shape index (κ1) is 20.3. The van der Waals surface area contributed by atoms with E-state index in [1.54, 1.807) is 24.4 Å². The molecule has 2 N–H and O–H groups in total. The summed E-state index contributed by atoms with van der Waals surface area (Å²) in [6, 6.07) is 4.87. The van der Waals surface area contributed by atoms with Crippen molar-refractivity contribution in [1.29, 1.82) is 0 Å². The molecule has 0 atom stereocenters. The predicted octanol–water partition coefficient (Wildman–Crippen LogP) is 3.21. The molecule has 1 aromatic heterocycles. The molecule has 2 aromatic rings. The summed E-state index contributed by atoms with van der Waals surface area (Å²) >= 11 is 0. The summed E-state index contributed by atoms with van der Waals surface area (Å²) in [5.74, 6) is 1.99. The number of nitrogens with zero attached hydrogens (tertiary/aromatic N) is 2. The Morgan fingerprint density at radius 1 is 1.11 bits per heavy atom. The van der Waals surface area contributed by atoms with Crippen molar-refractivity contribution >= 4 is 17.5 Å². The van der Waals surface area contributed by atoms with Gasteiger partial charge in [-0.1, -0.05) is 13.8 Å². The van der Waals surface area contributed by atoms with Gasteiger partial charge in [0.2, 0.25) is 11.7 Å². The molecular formula is C19H26N4O4. The largest absolute Gasteiger partial charge is 0.493 e. The Morgan fingerprint density at radius 3 is 2.33 bits per heavy atom. The second-order valence-electron chi connectivity index (χ2n) is 6.24. The topological polar surface area (TPSA) is 94.6 Å². The van der Waals surface area contributed by atoms with E-state index < -0.39 is 0 Å². The maximum absolute atomic E-state index is 12.6. The zero-order valence-corrected chi connectivity index (χ0v) is 16.3. The number of nitrogens with one attached hydrogen (secondary N) is 2. The Bertz CT molecular complexity index is 755. The Kier molecular flexibility index (Phi) is 7.22. The Morgan fingerprint density at radius 2 is 1.78 bits per heavy atom. The molecule has 1 amide bonds. The van der Waals surface area contributed by atoms with Crippen molar-refractivity contribution in [2.24, 2.45) is 5.92 Å². The number of methoxy groups -OCH3 is 3. The normalized spacial score (nSPS) is 10.4. The highest BCUT2D eigenvalue weighted by molar-refractivity contribution is 6.03. The molecule has 0 fully saturated rings. The summed E-state index contributed by atoms with van der Waals surface area (Å²) < 4.78 is 15.9. The molecule has 1 aromatic carbocycles. The average Bonchev–Trinajstić information content (AvgIpc) is 2.67. The van der Waals surface area contributed by atoms with Crippen LogP contribution in [0.1, 0.15) is 30.8 Å². The number of aromatic nitrogens is 2. The SMILES string of the molecule is COc1cc(NC(=O)c2ccnc(NCCC(C)C)n2)cc(OC)c1OC. The smallest absolute Gasteiger partial charge is 0.274 e. The summed E-state index contributed by atoms with van der Waals surface area (Å²) in [7, 11) is 4.55. The van der Waals surface area contributed by atoms with Crippen LogP contribution in [0.25, 0.3) is 0 Å². The van der Waals surface area contributed by atoms with E-state index in [1.165, 1.54) is 21.3 Å². The van der Waals surface area contributed by atoms with Crippen LogP contribution in [0.5, 0.6) is 17.2 Å². The van der Waals surface area contributed by atoms with Crippen molar-refractivity contribution in [2.75, 3.05) is 38.5 Å². The van der Waals surface area contributed by atoms with E-state index in [9.17, 15) is 4.79 Å². The zero-order chi connectivity index (χ0) is 19.8. The van der Waals surface area contributed by atoms with E-state index in [-0.39, 0.29) is 11.6 Å². The van der Waals surface area contributed by atoms with E-state index >= 15 is 0 Å². The summed E-state index contributed by atoms with van der Waals surface area (Å²) in [6.07, 6.45) is 2.54. The molecule has 0 aliphatic carbocycles. The molecule has 0 saturated heterocycles. The number of carbonyl (C=O) groups is 1. The number of hydrogen-bond acceptors (Lipinski definition) is 7. The minimum Gasteiger partial charge on any atom is -0.493 e. The first-order chi connectivity index (χ1) is 13.0. The van der Waals surface area contributed by atoms with Crippen molar-refractivity contribution < 1.29 is 19.0 Å². The quantitative estimate of drug-likeness (QED) is 0.696. The number of hydrogen-bond donors (Lipinski definition) is 2. The van der Waals surface area contributed by atoms with Crippen LogP contribution in [0.4, 0.5) is 11.6 Å². The molecular weight excluding hydrogens is 348 g/mol. The van der Waals surface area contributed by atoms with E-state index in [0.717, 1.165) is 13.0 Å². The van der Waals surface area contributed by atoms with Crippen molar-refractivity contribution in [3.05, 3.63) is 30.1 Å². The van der Waals surface area contributed by atoms with Crippen molar-refractivity contribution in [3.63, 3.8) is 0 Å². The van der Waals surface area contributed by atoms with Gasteiger partial charge in [-0.25, -0.2) is 9.97 Å². The van der Waals surface area contributed by atoms with E-state index in [0.29, 0.717) is 34.8 Å². The first-order valence-corrected chi connectivity index (χ1v) is 8.66.